The summed E-state index contributed by atoms with van der Waals surface area (Å²) in [6.45, 7) is 0. The maximum atomic E-state index is 5.23. The first-order valence-corrected chi connectivity index (χ1v) is 17.6. The molecule has 0 saturated heterocycles. The van der Waals surface area contributed by atoms with E-state index in [1.54, 1.807) is 0 Å². The normalized spacial score (nSPS) is 11.5. The molecular weight excluding hydrogens is 631 g/mol. The summed E-state index contributed by atoms with van der Waals surface area (Å²) in [6, 6.07) is 66.2. The predicted molar refractivity (Wildman–Crippen MR) is 217 cm³/mol. The molecule has 0 fully saturated rings. The summed E-state index contributed by atoms with van der Waals surface area (Å²) in [5.74, 6) is 0. The highest BCUT2D eigenvalue weighted by atomic mass is 14.8. The summed E-state index contributed by atoms with van der Waals surface area (Å²) in [7, 11) is 0. The van der Waals surface area contributed by atoms with Crippen LogP contribution >= 0.6 is 0 Å². The SMILES string of the molecule is c1ccc(-c2ccc3ccc4ccc(-c5ccc(-c6cccc(-c7cc(-c8ccccc8)c8c(ccc9ccccc98)n7)c6)cc5)nc4c3n2)cc1. The number of hydrogen-bond donors (Lipinski definition) is 0. The zero-order valence-corrected chi connectivity index (χ0v) is 28.2. The third-order valence-electron chi connectivity index (χ3n) is 10.0. The maximum Gasteiger partial charge on any atom is 0.0972 e. The van der Waals surface area contributed by atoms with Crippen molar-refractivity contribution in [1.29, 1.82) is 0 Å². The predicted octanol–water partition coefficient (Wildman–Crippen LogP) is 12.8. The summed E-state index contributed by atoms with van der Waals surface area (Å²) in [5.41, 5.74) is 13.5. The second kappa shape index (κ2) is 12.4. The van der Waals surface area contributed by atoms with Gasteiger partial charge in [0.15, 0.2) is 0 Å². The zero-order valence-electron chi connectivity index (χ0n) is 28.2. The minimum atomic E-state index is 0.912. The molecule has 3 nitrogen and oxygen atoms in total. The van der Waals surface area contributed by atoms with Crippen LogP contribution in [0, 0.1) is 0 Å². The van der Waals surface area contributed by atoms with Gasteiger partial charge in [0.1, 0.15) is 0 Å². The van der Waals surface area contributed by atoms with Crippen LogP contribution in [0.3, 0.4) is 0 Å². The smallest absolute Gasteiger partial charge is 0.0972 e. The summed E-state index contributed by atoms with van der Waals surface area (Å²) in [4.78, 5) is 15.5. The number of rotatable bonds is 5. The van der Waals surface area contributed by atoms with Gasteiger partial charge in [0.25, 0.3) is 0 Å². The molecule has 3 aromatic heterocycles. The van der Waals surface area contributed by atoms with Gasteiger partial charge in [0.05, 0.1) is 33.6 Å². The number of hydrogen-bond acceptors (Lipinski definition) is 3. The number of pyridine rings is 3. The van der Waals surface area contributed by atoms with Crippen molar-refractivity contribution in [2.24, 2.45) is 0 Å². The van der Waals surface area contributed by atoms with Crippen molar-refractivity contribution in [3.63, 3.8) is 0 Å². The van der Waals surface area contributed by atoms with E-state index in [9.17, 15) is 0 Å². The molecule has 0 bridgehead atoms. The summed E-state index contributed by atoms with van der Waals surface area (Å²) in [5, 5.41) is 5.77. The quantitative estimate of drug-likeness (QED) is 0.172. The highest BCUT2D eigenvalue weighted by Crippen LogP contribution is 2.37. The monoisotopic (exact) mass is 661 g/mol. The number of nitrogens with zero attached hydrogens (tertiary/aromatic N) is 3. The molecule has 7 aromatic carbocycles. The maximum absolute atomic E-state index is 5.23. The lowest BCUT2D eigenvalue weighted by molar-refractivity contribution is 1.36. The third kappa shape index (κ3) is 5.28. The van der Waals surface area contributed by atoms with E-state index in [2.05, 4.69) is 170 Å². The van der Waals surface area contributed by atoms with Crippen molar-refractivity contribution in [1.82, 2.24) is 15.0 Å². The lowest BCUT2D eigenvalue weighted by atomic mass is 9.94. The van der Waals surface area contributed by atoms with Crippen LogP contribution in [0.1, 0.15) is 0 Å². The summed E-state index contributed by atoms with van der Waals surface area (Å²) >= 11 is 0. The van der Waals surface area contributed by atoms with Crippen molar-refractivity contribution in [2.45, 2.75) is 0 Å². The Bertz CT molecular complexity index is 2930. The van der Waals surface area contributed by atoms with Crippen LogP contribution in [0.2, 0.25) is 0 Å². The van der Waals surface area contributed by atoms with Crippen LogP contribution in [0.4, 0.5) is 0 Å². The molecule has 0 amide bonds. The fraction of sp³-hybridized carbons (Fsp3) is 0. The molecule has 3 heterocycles. The molecular formula is C49H31N3. The van der Waals surface area contributed by atoms with Gasteiger partial charge < -0.3 is 0 Å². The van der Waals surface area contributed by atoms with E-state index >= 15 is 0 Å². The second-order valence-corrected chi connectivity index (χ2v) is 13.2. The lowest BCUT2D eigenvalue weighted by Gasteiger charge is -2.14. The van der Waals surface area contributed by atoms with E-state index in [-0.39, 0.29) is 0 Å². The molecule has 0 aliphatic heterocycles. The van der Waals surface area contributed by atoms with Crippen molar-refractivity contribution in [2.75, 3.05) is 0 Å². The molecule has 0 aliphatic rings. The standard InChI is InChI=1S/C49H31N3/c1-3-10-33(11-4-1)42-31-46(50-45-29-24-34-12-7-8-17-41(34)47(42)45)40-16-9-15-39(30-40)32-18-20-36(21-19-32)44-28-26-38-23-22-37-25-27-43(35-13-5-2-6-14-35)51-48(37)49(38)52-44/h1-31H. The Kier molecular flexibility index (Phi) is 7.14. The second-order valence-electron chi connectivity index (χ2n) is 13.2. The van der Waals surface area contributed by atoms with Crippen LogP contribution in [0.15, 0.2) is 188 Å². The van der Waals surface area contributed by atoms with E-state index in [1.807, 2.05) is 18.2 Å². The Balaban J connectivity index is 1.02. The van der Waals surface area contributed by atoms with Gasteiger partial charge in [-0.15, -0.1) is 0 Å². The van der Waals surface area contributed by atoms with Gasteiger partial charge in [-0.05, 0) is 63.4 Å². The van der Waals surface area contributed by atoms with Crippen LogP contribution in [-0.4, -0.2) is 15.0 Å². The van der Waals surface area contributed by atoms with Gasteiger partial charge in [0.2, 0.25) is 0 Å². The molecule has 10 rings (SSSR count). The van der Waals surface area contributed by atoms with E-state index in [0.29, 0.717) is 0 Å². The number of aromatic nitrogens is 3. The topological polar surface area (TPSA) is 38.7 Å². The molecule has 0 atom stereocenters. The third-order valence-corrected chi connectivity index (χ3v) is 10.0. The number of fused-ring (bicyclic) bond motifs is 6. The first-order valence-electron chi connectivity index (χ1n) is 17.6. The molecule has 0 N–H and O–H groups in total. The molecule has 10 aromatic rings. The lowest BCUT2D eigenvalue weighted by Crippen LogP contribution is -1.92. The van der Waals surface area contributed by atoms with Crippen molar-refractivity contribution >= 4 is 43.5 Å². The zero-order chi connectivity index (χ0) is 34.4. The molecule has 3 heteroatoms. The molecule has 242 valence electrons. The van der Waals surface area contributed by atoms with E-state index < -0.39 is 0 Å². The first-order chi connectivity index (χ1) is 25.7. The average Bonchev–Trinajstić information content (AvgIpc) is 3.23. The van der Waals surface area contributed by atoms with Crippen molar-refractivity contribution in [3.05, 3.63) is 188 Å². The van der Waals surface area contributed by atoms with Gasteiger partial charge in [-0.2, -0.15) is 0 Å². The van der Waals surface area contributed by atoms with Crippen LogP contribution in [-0.2, 0) is 0 Å². The van der Waals surface area contributed by atoms with Crippen LogP contribution < -0.4 is 0 Å². The summed E-state index contributed by atoms with van der Waals surface area (Å²) < 4.78 is 0. The van der Waals surface area contributed by atoms with Crippen LogP contribution in [0.25, 0.3) is 99.5 Å². The minimum Gasteiger partial charge on any atom is -0.248 e. The molecule has 0 saturated carbocycles. The van der Waals surface area contributed by atoms with E-state index in [1.165, 1.54) is 27.3 Å². The number of benzene rings is 7. The Morgan fingerprint density at radius 1 is 0.288 bits per heavy atom. The molecule has 0 radical (unpaired) electrons. The summed E-state index contributed by atoms with van der Waals surface area (Å²) in [6.07, 6.45) is 0. The van der Waals surface area contributed by atoms with Gasteiger partial charge in [-0.1, -0.05) is 158 Å². The van der Waals surface area contributed by atoms with Gasteiger partial charge in [0, 0.05) is 32.8 Å². The van der Waals surface area contributed by atoms with E-state index in [4.69, 9.17) is 15.0 Å². The largest absolute Gasteiger partial charge is 0.248 e. The first kappa shape index (κ1) is 29.9. The van der Waals surface area contributed by atoms with Gasteiger partial charge in [-0.3, -0.25) is 0 Å². The van der Waals surface area contributed by atoms with E-state index in [0.717, 1.165) is 72.2 Å². The molecule has 0 unspecified atom stereocenters. The molecule has 52 heavy (non-hydrogen) atoms. The highest BCUT2D eigenvalue weighted by molar-refractivity contribution is 6.14. The Labute approximate surface area is 301 Å². The van der Waals surface area contributed by atoms with Crippen molar-refractivity contribution in [3.8, 4) is 56.0 Å². The average molecular weight is 662 g/mol. The minimum absolute atomic E-state index is 0.912. The fourth-order valence-electron chi connectivity index (χ4n) is 7.39. The Hall–Kier alpha value is -6.97. The van der Waals surface area contributed by atoms with Gasteiger partial charge in [-0.25, -0.2) is 15.0 Å². The Morgan fingerprint density at radius 2 is 0.827 bits per heavy atom. The van der Waals surface area contributed by atoms with Crippen LogP contribution in [0.5, 0.6) is 0 Å². The Morgan fingerprint density at radius 3 is 1.54 bits per heavy atom. The fourth-order valence-corrected chi connectivity index (χ4v) is 7.39. The highest BCUT2D eigenvalue weighted by Gasteiger charge is 2.14. The molecule has 0 spiro atoms. The van der Waals surface area contributed by atoms with Gasteiger partial charge >= 0.3 is 0 Å². The molecule has 0 aliphatic carbocycles. The van der Waals surface area contributed by atoms with Crippen molar-refractivity contribution < 1.29 is 0 Å².